The Morgan fingerprint density at radius 3 is 2.68 bits per heavy atom. The lowest BCUT2D eigenvalue weighted by Gasteiger charge is -2.04. The first-order valence-electron chi connectivity index (χ1n) is 5.35. The molecule has 0 aromatic carbocycles. The summed E-state index contributed by atoms with van der Waals surface area (Å²) >= 11 is 0.883. The number of nitrogens with zero attached hydrogens (tertiary/aromatic N) is 1. The third-order valence-electron chi connectivity index (χ3n) is 1.93. The second-order valence-corrected chi connectivity index (χ2v) is 4.39. The van der Waals surface area contributed by atoms with Gasteiger partial charge < -0.3 is 14.7 Å². The van der Waals surface area contributed by atoms with Gasteiger partial charge in [0.2, 0.25) is 5.13 Å². The third kappa shape index (κ3) is 5.75. The minimum Gasteiger partial charge on any atom is -0.477 e. The number of ether oxygens (including phenoxy) is 1. The van der Waals surface area contributed by atoms with E-state index < -0.39 is 12.1 Å². The minimum atomic E-state index is -1.07. The molecule has 108 valence electrons. The molecule has 2 N–H and O–H groups in total. The molecule has 0 saturated carbocycles. The highest BCUT2D eigenvalue weighted by atomic mass is 35.5. The van der Waals surface area contributed by atoms with Crippen molar-refractivity contribution in [1.29, 1.82) is 0 Å². The van der Waals surface area contributed by atoms with Crippen LogP contribution in [0.3, 0.4) is 0 Å². The average molecular weight is 311 g/mol. The highest BCUT2D eigenvalue weighted by Crippen LogP contribution is 2.22. The summed E-state index contributed by atoms with van der Waals surface area (Å²) in [6.45, 7) is 3.82. The van der Waals surface area contributed by atoms with Crippen molar-refractivity contribution in [2.45, 2.75) is 26.7 Å². The summed E-state index contributed by atoms with van der Waals surface area (Å²) in [7, 11) is 0. The summed E-state index contributed by atoms with van der Waals surface area (Å²) in [6.07, 6.45) is 0.802. The van der Waals surface area contributed by atoms with Gasteiger partial charge in [-0.25, -0.2) is 14.6 Å². The Hall–Kier alpha value is -1.54. The van der Waals surface area contributed by atoms with E-state index in [0.29, 0.717) is 5.69 Å². The predicted octanol–water partition coefficient (Wildman–Crippen LogP) is 2.85. The van der Waals surface area contributed by atoms with Crippen LogP contribution in [0.5, 0.6) is 0 Å². The zero-order valence-corrected chi connectivity index (χ0v) is 12.1. The van der Waals surface area contributed by atoms with E-state index in [0.717, 1.165) is 24.2 Å². The van der Waals surface area contributed by atoms with Crippen LogP contribution < -0.4 is 5.48 Å². The number of anilines is 1. The van der Waals surface area contributed by atoms with Gasteiger partial charge in [0, 0.05) is 0 Å². The minimum absolute atomic E-state index is 0. The largest absolute Gasteiger partial charge is 0.533 e. The van der Waals surface area contributed by atoms with E-state index in [1.165, 1.54) is 0 Å². The van der Waals surface area contributed by atoms with Gasteiger partial charge >= 0.3 is 12.1 Å². The van der Waals surface area contributed by atoms with Crippen molar-refractivity contribution >= 4 is 41.0 Å². The second-order valence-electron chi connectivity index (χ2n) is 3.39. The van der Waals surface area contributed by atoms with Gasteiger partial charge in [-0.05, 0) is 13.3 Å². The topological polar surface area (TPSA) is 97.8 Å². The molecule has 0 aliphatic heterocycles. The van der Waals surface area contributed by atoms with Crippen molar-refractivity contribution in [3.63, 3.8) is 0 Å². The Bertz CT molecular complexity index is 438. The lowest BCUT2D eigenvalue weighted by Crippen LogP contribution is -2.12. The first-order chi connectivity index (χ1) is 8.54. The number of carboxylic acids is 1. The normalized spacial score (nSPS) is 9.37. The summed E-state index contributed by atoms with van der Waals surface area (Å²) in [5, 5.41) is 9.00. The zero-order chi connectivity index (χ0) is 13.5. The summed E-state index contributed by atoms with van der Waals surface area (Å²) in [4.78, 5) is 30.4. The van der Waals surface area contributed by atoms with Gasteiger partial charge in [-0.2, -0.15) is 5.48 Å². The van der Waals surface area contributed by atoms with Crippen LogP contribution in [0.2, 0.25) is 0 Å². The van der Waals surface area contributed by atoms with Crippen LogP contribution in [0, 0.1) is 6.92 Å². The van der Waals surface area contributed by atoms with Gasteiger partial charge in [-0.1, -0.05) is 24.7 Å². The van der Waals surface area contributed by atoms with E-state index in [4.69, 9.17) is 9.84 Å². The summed E-state index contributed by atoms with van der Waals surface area (Å²) in [6, 6.07) is 0. The predicted molar refractivity (Wildman–Crippen MR) is 72.0 cm³/mol. The number of hydrogen-bond acceptors (Lipinski definition) is 7. The van der Waals surface area contributed by atoms with E-state index in [2.05, 4.69) is 15.3 Å². The fourth-order valence-electron chi connectivity index (χ4n) is 1.05. The molecule has 0 amide bonds. The molecule has 1 aromatic heterocycles. The lowest BCUT2D eigenvalue weighted by molar-refractivity contribution is 0.0694. The molecule has 7 nitrogen and oxygen atoms in total. The molecule has 1 rings (SSSR count). The molecule has 1 heterocycles. The van der Waals surface area contributed by atoms with Crippen LogP contribution in [0.15, 0.2) is 0 Å². The van der Waals surface area contributed by atoms with E-state index in [1.807, 2.05) is 6.92 Å². The number of aryl methyl sites for hydroxylation is 1. The fourth-order valence-corrected chi connectivity index (χ4v) is 1.79. The van der Waals surface area contributed by atoms with Crippen LogP contribution in [-0.4, -0.2) is 28.8 Å². The number of halogens is 1. The number of carbonyl (C=O) groups excluding carboxylic acids is 1. The van der Waals surface area contributed by atoms with E-state index in [1.54, 1.807) is 6.92 Å². The average Bonchev–Trinajstić information content (AvgIpc) is 2.68. The van der Waals surface area contributed by atoms with E-state index in [9.17, 15) is 9.59 Å². The van der Waals surface area contributed by atoms with Crippen LogP contribution in [-0.2, 0) is 9.57 Å². The van der Waals surface area contributed by atoms with Crippen molar-refractivity contribution < 1.29 is 24.3 Å². The van der Waals surface area contributed by atoms with E-state index >= 15 is 0 Å². The van der Waals surface area contributed by atoms with E-state index in [-0.39, 0.29) is 29.0 Å². The number of nitrogens with one attached hydrogen (secondary N) is 1. The van der Waals surface area contributed by atoms with Crippen molar-refractivity contribution in [3.05, 3.63) is 10.6 Å². The maximum Gasteiger partial charge on any atom is 0.533 e. The number of rotatable bonds is 6. The Kier molecular flexibility index (Phi) is 7.85. The molecular weight excluding hydrogens is 296 g/mol. The van der Waals surface area contributed by atoms with Crippen LogP contribution in [0.4, 0.5) is 9.93 Å². The first kappa shape index (κ1) is 17.5. The number of thiazole rings is 1. The van der Waals surface area contributed by atoms with Gasteiger partial charge in [0.25, 0.3) is 0 Å². The molecule has 0 bridgehead atoms. The first-order valence-corrected chi connectivity index (χ1v) is 6.16. The summed E-state index contributed by atoms with van der Waals surface area (Å²) in [5.41, 5.74) is 2.62. The molecule has 0 spiro atoms. The maximum atomic E-state index is 11.1. The summed E-state index contributed by atoms with van der Waals surface area (Å²) in [5.74, 6) is -1.07. The Balaban J connectivity index is 0.00000324. The molecule has 0 saturated heterocycles. The maximum absolute atomic E-state index is 11.1. The van der Waals surface area contributed by atoms with Crippen LogP contribution in [0.1, 0.15) is 35.1 Å². The van der Waals surface area contributed by atoms with Gasteiger partial charge in [0.15, 0.2) is 0 Å². The molecule has 9 heteroatoms. The molecule has 0 atom stereocenters. The van der Waals surface area contributed by atoms with Crippen molar-refractivity contribution in [3.8, 4) is 0 Å². The molecule has 0 unspecified atom stereocenters. The van der Waals surface area contributed by atoms with Gasteiger partial charge in [0.05, 0.1) is 12.3 Å². The number of hydrogen-bond donors (Lipinski definition) is 2. The number of aromatic carboxylic acids is 1. The van der Waals surface area contributed by atoms with Crippen molar-refractivity contribution in [2.75, 3.05) is 12.1 Å². The fraction of sp³-hybridized carbons (Fsp3) is 0.500. The molecule has 0 aliphatic rings. The number of carbonyl (C=O) groups is 2. The van der Waals surface area contributed by atoms with Crippen LogP contribution >= 0.6 is 23.7 Å². The van der Waals surface area contributed by atoms with Crippen LogP contribution in [0.25, 0.3) is 0 Å². The smallest absolute Gasteiger partial charge is 0.477 e. The number of unbranched alkanes of at least 4 members (excludes halogenated alkanes) is 1. The SMILES string of the molecule is CCCCOC(=O)ONc1nc(C)c(C(=O)O)s1.Cl. The highest BCUT2D eigenvalue weighted by Gasteiger charge is 2.15. The molecule has 0 radical (unpaired) electrons. The zero-order valence-electron chi connectivity index (χ0n) is 10.5. The molecule has 1 aromatic rings. The molecular formula is C10H15ClN2O5S. The standard InChI is InChI=1S/C10H14N2O5S.ClH/c1-3-4-5-16-10(15)17-12-9-11-6(2)7(18-9)8(13)14;/h3-5H2,1-2H3,(H,11,12)(H,13,14);1H. The number of carboxylic acid groups (broad SMARTS) is 1. The van der Waals surface area contributed by atoms with Crippen molar-refractivity contribution in [2.24, 2.45) is 0 Å². The molecule has 0 aliphatic carbocycles. The molecule has 19 heavy (non-hydrogen) atoms. The highest BCUT2D eigenvalue weighted by molar-refractivity contribution is 7.17. The Morgan fingerprint density at radius 1 is 1.47 bits per heavy atom. The van der Waals surface area contributed by atoms with Gasteiger partial charge in [-0.3, -0.25) is 0 Å². The quantitative estimate of drug-likeness (QED) is 0.473. The van der Waals surface area contributed by atoms with Crippen molar-refractivity contribution in [1.82, 2.24) is 4.98 Å². The lowest BCUT2D eigenvalue weighted by atomic mass is 10.4. The third-order valence-corrected chi connectivity index (χ3v) is 2.97. The van der Waals surface area contributed by atoms with Gasteiger partial charge in [0.1, 0.15) is 4.88 Å². The Labute approximate surface area is 120 Å². The molecule has 0 fully saturated rings. The second kappa shape index (κ2) is 8.54. The van der Waals surface area contributed by atoms with Gasteiger partial charge in [-0.15, -0.1) is 12.4 Å². The number of aromatic nitrogens is 1. The Morgan fingerprint density at radius 2 is 2.16 bits per heavy atom. The monoisotopic (exact) mass is 310 g/mol. The summed E-state index contributed by atoms with van der Waals surface area (Å²) < 4.78 is 4.73.